The van der Waals surface area contributed by atoms with Crippen molar-refractivity contribution >= 4 is 35.8 Å². The van der Waals surface area contributed by atoms with Crippen LogP contribution in [0.4, 0.5) is 0 Å². The summed E-state index contributed by atoms with van der Waals surface area (Å²) in [6, 6.07) is 6.88. The predicted molar refractivity (Wildman–Crippen MR) is 109 cm³/mol. The number of carbonyl (C=O) groups excluding carboxylic acids is 2. The zero-order valence-electron chi connectivity index (χ0n) is 15.7. The van der Waals surface area contributed by atoms with Gasteiger partial charge in [-0.2, -0.15) is 0 Å². The van der Waals surface area contributed by atoms with E-state index in [1.807, 2.05) is 0 Å². The van der Waals surface area contributed by atoms with Crippen LogP contribution in [0, 0.1) is 6.92 Å². The van der Waals surface area contributed by atoms with Gasteiger partial charge in [0.05, 0.1) is 11.7 Å². The summed E-state index contributed by atoms with van der Waals surface area (Å²) in [6.07, 6.45) is 1.85. The van der Waals surface area contributed by atoms with Crippen molar-refractivity contribution in [1.29, 1.82) is 0 Å². The standard InChI is InChI=1S/C18H23ClN6O2.ClH/c1-11-15(23-24-25(11)14-6-8-21-9-7-14)16(26)22-18(2,17(20)27)12-4-3-5-13(19)10-12;/h3-5,10,14,21H,6-9H2,1-2H3,(H2,20,27)(H,22,26);1H. The van der Waals surface area contributed by atoms with Crippen LogP contribution in [0.3, 0.4) is 0 Å². The van der Waals surface area contributed by atoms with Gasteiger partial charge in [-0.1, -0.05) is 28.9 Å². The van der Waals surface area contributed by atoms with Crippen LogP contribution in [-0.4, -0.2) is 39.9 Å². The van der Waals surface area contributed by atoms with E-state index < -0.39 is 17.4 Å². The van der Waals surface area contributed by atoms with E-state index in [2.05, 4.69) is 20.9 Å². The molecule has 1 aromatic carbocycles. The SMILES string of the molecule is Cc1c(C(=O)NC(C)(C(N)=O)c2cccc(Cl)c2)nnn1C1CCNCC1.Cl. The highest BCUT2D eigenvalue weighted by Gasteiger charge is 2.37. The topological polar surface area (TPSA) is 115 Å². The molecule has 10 heteroatoms. The molecule has 0 radical (unpaired) electrons. The Balaban J connectivity index is 0.00000280. The number of nitrogens with two attached hydrogens (primary N) is 1. The van der Waals surface area contributed by atoms with E-state index in [0.717, 1.165) is 25.9 Å². The number of amides is 2. The first-order valence-corrected chi connectivity index (χ1v) is 9.21. The lowest BCUT2D eigenvalue weighted by Gasteiger charge is -2.28. The number of rotatable bonds is 5. The molecule has 1 saturated heterocycles. The third kappa shape index (κ3) is 4.29. The molecule has 2 aromatic rings. The Morgan fingerprint density at radius 1 is 1.36 bits per heavy atom. The third-order valence-corrected chi connectivity index (χ3v) is 5.29. The Kier molecular flexibility index (Phi) is 7.03. The Hall–Kier alpha value is -2.16. The molecule has 4 N–H and O–H groups in total. The Labute approximate surface area is 174 Å². The van der Waals surface area contributed by atoms with Gasteiger partial charge in [-0.3, -0.25) is 9.59 Å². The van der Waals surface area contributed by atoms with Crippen LogP contribution in [0.5, 0.6) is 0 Å². The Morgan fingerprint density at radius 2 is 2.04 bits per heavy atom. The van der Waals surface area contributed by atoms with Crippen molar-refractivity contribution in [3.8, 4) is 0 Å². The van der Waals surface area contributed by atoms with Crippen molar-refractivity contribution in [2.75, 3.05) is 13.1 Å². The summed E-state index contributed by atoms with van der Waals surface area (Å²) in [6.45, 7) is 5.16. The van der Waals surface area contributed by atoms with Gasteiger partial charge in [-0.05, 0) is 57.5 Å². The maximum atomic E-state index is 12.9. The molecule has 1 aliphatic heterocycles. The van der Waals surface area contributed by atoms with Gasteiger partial charge in [0.1, 0.15) is 5.54 Å². The van der Waals surface area contributed by atoms with Gasteiger partial charge in [-0.25, -0.2) is 4.68 Å². The second kappa shape index (κ2) is 8.89. The lowest BCUT2D eigenvalue weighted by molar-refractivity contribution is -0.123. The van der Waals surface area contributed by atoms with Crippen molar-refractivity contribution in [1.82, 2.24) is 25.6 Å². The summed E-state index contributed by atoms with van der Waals surface area (Å²) in [5.41, 5.74) is 5.52. The molecule has 0 saturated carbocycles. The molecule has 28 heavy (non-hydrogen) atoms. The van der Waals surface area contributed by atoms with Crippen LogP contribution >= 0.6 is 24.0 Å². The molecule has 1 atom stereocenters. The lowest BCUT2D eigenvalue weighted by atomic mass is 9.91. The number of piperidine rings is 1. The first-order chi connectivity index (χ1) is 12.8. The summed E-state index contributed by atoms with van der Waals surface area (Å²) in [5, 5.41) is 14.7. The van der Waals surface area contributed by atoms with E-state index in [1.165, 1.54) is 0 Å². The number of nitrogens with one attached hydrogen (secondary N) is 2. The predicted octanol–water partition coefficient (Wildman–Crippen LogP) is 1.72. The van der Waals surface area contributed by atoms with E-state index >= 15 is 0 Å². The second-order valence-electron chi connectivity index (χ2n) is 6.90. The number of primary amides is 1. The highest BCUT2D eigenvalue weighted by atomic mass is 35.5. The molecule has 3 rings (SSSR count). The maximum absolute atomic E-state index is 12.9. The lowest BCUT2D eigenvalue weighted by Crippen LogP contribution is -2.53. The van der Waals surface area contributed by atoms with E-state index in [9.17, 15) is 9.59 Å². The molecule has 0 bridgehead atoms. The normalized spacial score (nSPS) is 16.7. The molecule has 0 aliphatic carbocycles. The highest BCUT2D eigenvalue weighted by Crippen LogP contribution is 2.25. The van der Waals surface area contributed by atoms with Crippen LogP contribution in [0.25, 0.3) is 0 Å². The van der Waals surface area contributed by atoms with Crippen molar-refractivity contribution in [3.63, 3.8) is 0 Å². The molecule has 2 amide bonds. The first kappa shape index (κ1) is 22.1. The second-order valence-corrected chi connectivity index (χ2v) is 7.34. The van der Waals surface area contributed by atoms with E-state index in [4.69, 9.17) is 17.3 Å². The van der Waals surface area contributed by atoms with Crippen LogP contribution < -0.4 is 16.4 Å². The first-order valence-electron chi connectivity index (χ1n) is 8.84. The quantitative estimate of drug-likeness (QED) is 0.672. The molecule has 1 aliphatic rings. The number of carbonyl (C=O) groups is 2. The number of hydrogen-bond donors (Lipinski definition) is 3. The fraction of sp³-hybridized carbons (Fsp3) is 0.444. The van der Waals surface area contributed by atoms with Crippen molar-refractivity contribution in [3.05, 3.63) is 46.2 Å². The zero-order chi connectivity index (χ0) is 19.6. The maximum Gasteiger partial charge on any atom is 0.274 e. The average molecular weight is 427 g/mol. The molecule has 1 aromatic heterocycles. The molecular formula is C18H24Cl2N6O2. The van der Waals surface area contributed by atoms with Crippen molar-refractivity contribution in [2.45, 2.75) is 38.3 Å². The summed E-state index contributed by atoms with van der Waals surface area (Å²) in [4.78, 5) is 25.0. The van der Waals surface area contributed by atoms with E-state index in [-0.39, 0.29) is 24.1 Å². The van der Waals surface area contributed by atoms with Gasteiger partial charge in [0.15, 0.2) is 5.69 Å². The average Bonchev–Trinajstić information content (AvgIpc) is 3.03. The van der Waals surface area contributed by atoms with Gasteiger partial charge >= 0.3 is 0 Å². The van der Waals surface area contributed by atoms with Gasteiger partial charge in [0, 0.05) is 5.02 Å². The monoisotopic (exact) mass is 426 g/mol. The third-order valence-electron chi connectivity index (χ3n) is 5.06. The smallest absolute Gasteiger partial charge is 0.274 e. The molecule has 152 valence electrons. The van der Waals surface area contributed by atoms with Gasteiger partial charge < -0.3 is 16.4 Å². The summed E-state index contributed by atoms with van der Waals surface area (Å²) >= 11 is 6.03. The zero-order valence-corrected chi connectivity index (χ0v) is 17.3. The van der Waals surface area contributed by atoms with Crippen LogP contribution in [0.1, 0.15) is 47.6 Å². The fourth-order valence-electron chi connectivity index (χ4n) is 3.31. The molecule has 8 nitrogen and oxygen atoms in total. The minimum atomic E-state index is -1.42. The van der Waals surface area contributed by atoms with Gasteiger partial charge in [0.2, 0.25) is 5.91 Å². The molecule has 2 heterocycles. The number of benzene rings is 1. The summed E-state index contributed by atoms with van der Waals surface area (Å²) in [7, 11) is 0. The minimum absolute atomic E-state index is 0. The van der Waals surface area contributed by atoms with Crippen LogP contribution in [-0.2, 0) is 10.3 Å². The largest absolute Gasteiger partial charge is 0.367 e. The molecule has 1 fully saturated rings. The van der Waals surface area contributed by atoms with Crippen LogP contribution in [0.15, 0.2) is 24.3 Å². The van der Waals surface area contributed by atoms with Crippen molar-refractivity contribution < 1.29 is 9.59 Å². The molecule has 0 spiro atoms. The summed E-state index contributed by atoms with van der Waals surface area (Å²) in [5.74, 6) is -1.20. The number of aromatic nitrogens is 3. The van der Waals surface area contributed by atoms with Gasteiger partial charge in [-0.15, -0.1) is 17.5 Å². The number of hydrogen-bond acceptors (Lipinski definition) is 5. The van der Waals surface area contributed by atoms with E-state index in [0.29, 0.717) is 16.3 Å². The van der Waals surface area contributed by atoms with Crippen LogP contribution in [0.2, 0.25) is 5.02 Å². The highest BCUT2D eigenvalue weighted by molar-refractivity contribution is 6.30. The number of halogens is 2. The minimum Gasteiger partial charge on any atom is -0.367 e. The number of nitrogens with zero attached hydrogens (tertiary/aromatic N) is 3. The molecule has 1 unspecified atom stereocenters. The Bertz CT molecular complexity index is 866. The van der Waals surface area contributed by atoms with E-state index in [1.54, 1.807) is 42.8 Å². The van der Waals surface area contributed by atoms with Crippen molar-refractivity contribution in [2.24, 2.45) is 5.73 Å². The van der Waals surface area contributed by atoms with Gasteiger partial charge in [0.25, 0.3) is 5.91 Å². The Morgan fingerprint density at radius 3 is 2.64 bits per heavy atom. The fourth-order valence-corrected chi connectivity index (χ4v) is 3.50. The molecular weight excluding hydrogens is 403 g/mol. The summed E-state index contributed by atoms with van der Waals surface area (Å²) < 4.78 is 1.79.